The van der Waals surface area contributed by atoms with Gasteiger partial charge in [-0.05, 0) is 45.2 Å². The molecular formula is C17H29N3O3. The van der Waals surface area contributed by atoms with E-state index in [1.807, 2.05) is 6.92 Å². The molecule has 2 saturated heterocycles. The van der Waals surface area contributed by atoms with Crippen molar-refractivity contribution < 1.29 is 14.6 Å². The Bertz CT molecular complexity index is 473. The highest BCUT2D eigenvalue weighted by molar-refractivity contribution is 5.13. The summed E-state index contributed by atoms with van der Waals surface area (Å²) in [5, 5.41) is 17.6. The Morgan fingerprint density at radius 2 is 2.39 bits per heavy atom. The molecule has 0 amide bonds. The maximum Gasteiger partial charge on any atom is 0.0900 e. The van der Waals surface area contributed by atoms with Crippen LogP contribution in [0.5, 0.6) is 0 Å². The maximum absolute atomic E-state index is 10.2. The molecule has 0 aliphatic carbocycles. The zero-order valence-electron chi connectivity index (χ0n) is 14.0. The van der Waals surface area contributed by atoms with Gasteiger partial charge in [0.15, 0.2) is 0 Å². The van der Waals surface area contributed by atoms with Gasteiger partial charge in [-0.25, -0.2) is 0 Å². The maximum atomic E-state index is 10.2. The molecule has 2 aliphatic rings. The lowest BCUT2D eigenvalue weighted by atomic mass is 9.94. The molecule has 1 aromatic rings. The quantitative estimate of drug-likeness (QED) is 0.795. The Kier molecular flexibility index (Phi) is 6.05. The van der Waals surface area contributed by atoms with Crippen LogP contribution in [0, 0.1) is 6.92 Å². The first-order valence-electron chi connectivity index (χ1n) is 8.82. The molecule has 6 heteroatoms. The Morgan fingerprint density at radius 3 is 3.13 bits per heavy atom. The number of hydrogen-bond acceptors (Lipinski definition) is 5. The largest absolute Gasteiger partial charge is 0.389 e. The number of aliphatic hydroxyl groups excluding tert-OH is 1. The number of aromatic nitrogens is 2. The normalized spacial score (nSPS) is 27.4. The average molecular weight is 323 g/mol. The van der Waals surface area contributed by atoms with Gasteiger partial charge in [0.25, 0.3) is 0 Å². The van der Waals surface area contributed by atoms with Crippen LogP contribution in [-0.2, 0) is 9.47 Å². The first-order chi connectivity index (χ1) is 11.2. The summed E-state index contributed by atoms with van der Waals surface area (Å²) in [7, 11) is 0. The summed E-state index contributed by atoms with van der Waals surface area (Å²) in [4.78, 5) is 2.33. The van der Waals surface area contributed by atoms with E-state index in [4.69, 9.17) is 9.47 Å². The second kappa shape index (κ2) is 8.24. The van der Waals surface area contributed by atoms with Crippen LogP contribution in [0.4, 0.5) is 0 Å². The Morgan fingerprint density at radius 1 is 1.48 bits per heavy atom. The number of aryl methyl sites for hydroxylation is 1. The van der Waals surface area contributed by atoms with Crippen molar-refractivity contribution in [3.8, 4) is 0 Å². The van der Waals surface area contributed by atoms with Crippen LogP contribution in [0.1, 0.15) is 43.0 Å². The number of aromatic amines is 1. The lowest BCUT2D eigenvalue weighted by Gasteiger charge is -2.33. The van der Waals surface area contributed by atoms with E-state index < -0.39 is 6.10 Å². The van der Waals surface area contributed by atoms with E-state index in [0.717, 1.165) is 50.3 Å². The van der Waals surface area contributed by atoms with Gasteiger partial charge < -0.3 is 19.5 Å². The molecule has 0 radical (unpaired) electrons. The molecule has 2 fully saturated rings. The van der Waals surface area contributed by atoms with E-state index in [1.165, 1.54) is 6.42 Å². The van der Waals surface area contributed by atoms with Gasteiger partial charge >= 0.3 is 0 Å². The monoisotopic (exact) mass is 323 g/mol. The fraction of sp³-hybridized carbons (Fsp3) is 0.824. The predicted molar refractivity (Wildman–Crippen MR) is 87.5 cm³/mol. The van der Waals surface area contributed by atoms with Gasteiger partial charge in [-0.15, -0.1) is 0 Å². The lowest BCUT2D eigenvalue weighted by Crippen LogP contribution is -2.41. The molecule has 0 spiro atoms. The molecule has 6 nitrogen and oxygen atoms in total. The summed E-state index contributed by atoms with van der Waals surface area (Å²) in [6.45, 7) is 6.56. The SMILES string of the molecule is Cc1cc([C@@H]2CCCN(C[C@@H](O)COC[C@H]3CCCO3)C2)n[nH]1. The van der Waals surface area contributed by atoms with Gasteiger partial charge in [-0.1, -0.05) is 0 Å². The van der Waals surface area contributed by atoms with Crippen LogP contribution in [-0.4, -0.2) is 71.9 Å². The van der Waals surface area contributed by atoms with Crippen LogP contribution in [0.3, 0.4) is 0 Å². The Labute approximate surface area is 138 Å². The first-order valence-corrected chi connectivity index (χ1v) is 8.82. The third-order valence-electron chi connectivity index (χ3n) is 4.76. The van der Waals surface area contributed by atoms with Crippen LogP contribution in [0.2, 0.25) is 0 Å². The number of hydrogen-bond donors (Lipinski definition) is 2. The minimum absolute atomic E-state index is 0.226. The summed E-state index contributed by atoms with van der Waals surface area (Å²) in [6.07, 6.45) is 4.32. The van der Waals surface area contributed by atoms with E-state index in [1.54, 1.807) is 0 Å². The molecule has 3 heterocycles. The van der Waals surface area contributed by atoms with Gasteiger partial charge in [-0.2, -0.15) is 5.10 Å². The third-order valence-corrected chi connectivity index (χ3v) is 4.76. The summed E-state index contributed by atoms with van der Waals surface area (Å²) in [5.41, 5.74) is 2.26. The van der Waals surface area contributed by atoms with Crippen molar-refractivity contribution in [3.63, 3.8) is 0 Å². The zero-order chi connectivity index (χ0) is 16.1. The summed E-state index contributed by atoms with van der Waals surface area (Å²) in [6, 6.07) is 2.13. The van der Waals surface area contributed by atoms with Crippen molar-refractivity contribution in [1.82, 2.24) is 15.1 Å². The predicted octanol–water partition coefficient (Wildman–Crippen LogP) is 1.45. The van der Waals surface area contributed by atoms with Gasteiger partial charge in [0.1, 0.15) is 0 Å². The van der Waals surface area contributed by atoms with Crippen molar-refractivity contribution in [1.29, 1.82) is 0 Å². The van der Waals surface area contributed by atoms with E-state index >= 15 is 0 Å². The molecule has 1 aromatic heterocycles. The number of likely N-dealkylation sites (tertiary alicyclic amines) is 1. The van der Waals surface area contributed by atoms with Crippen LogP contribution in [0.25, 0.3) is 0 Å². The summed E-state index contributed by atoms with van der Waals surface area (Å²) >= 11 is 0. The average Bonchev–Trinajstić information content (AvgIpc) is 3.19. The molecule has 2 N–H and O–H groups in total. The van der Waals surface area contributed by atoms with Crippen LogP contribution in [0.15, 0.2) is 6.07 Å². The molecule has 0 aromatic carbocycles. The lowest BCUT2D eigenvalue weighted by molar-refractivity contribution is -0.0269. The number of H-pyrrole nitrogens is 1. The molecule has 130 valence electrons. The van der Waals surface area contributed by atoms with Crippen LogP contribution >= 0.6 is 0 Å². The van der Waals surface area contributed by atoms with Gasteiger partial charge in [0.05, 0.1) is 31.1 Å². The minimum atomic E-state index is -0.434. The molecular weight excluding hydrogens is 294 g/mol. The first kappa shape index (κ1) is 16.9. The Balaban J connectivity index is 1.38. The topological polar surface area (TPSA) is 70.6 Å². The molecule has 3 atom stereocenters. The minimum Gasteiger partial charge on any atom is -0.389 e. The van der Waals surface area contributed by atoms with Crippen molar-refractivity contribution in [3.05, 3.63) is 17.5 Å². The van der Waals surface area contributed by atoms with Crippen molar-refractivity contribution in [2.24, 2.45) is 0 Å². The number of nitrogens with one attached hydrogen (secondary N) is 1. The van der Waals surface area contributed by atoms with Crippen molar-refractivity contribution in [2.45, 2.75) is 50.7 Å². The number of ether oxygens (including phenoxy) is 2. The fourth-order valence-electron chi connectivity index (χ4n) is 3.57. The zero-order valence-corrected chi connectivity index (χ0v) is 14.0. The van der Waals surface area contributed by atoms with E-state index in [-0.39, 0.29) is 6.10 Å². The van der Waals surface area contributed by atoms with Gasteiger partial charge in [0, 0.05) is 31.3 Å². The van der Waals surface area contributed by atoms with E-state index in [2.05, 4.69) is 21.2 Å². The number of β-amino-alcohol motifs (C(OH)–C–C–N with tert-alkyl or cyclic N) is 1. The summed E-state index contributed by atoms with van der Waals surface area (Å²) < 4.78 is 11.1. The second-order valence-electron chi connectivity index (χ2n) is 6.90. The molecule has 0 bridgehead atoms. The molecule has 0 unspecified atom stereocenters. The number of rotatable bonds is 7. The molecule has 2 aliphatic heterocycles. The number of aliphatic hydroxyl groups is 1. The fourth-order valence-corrected chi connectivity index (χ4v) is 3.57. The van der Waals surface area contributed by atoms with Crippen molar-refractivity contribution >= 4 is 0 Å². The highest BCUT2D eigenvalue weighted by atomic mass is 16.5. The Hall–Kier alpha value is -0.950. The molecule has 0 saturated carbocycles. The standard InChI is InChI=1S/C17H29N3O3/c1-13-8-17(19-18-13)14-4-2-6-20(9-14)10-15(21)11-22-12-16-5-3-7-23-16/h8,14-16,21H,2-7,9-12H2,1H3,(H,18,19)/t14-,15-,16-/m1/s1. The smallest absolute Gasteiger partial charge is 0.0900 e. The number of piperidine rings is 1. The second-order valence-corrected chi connectivity index (χ2v) is 6.90. The molecule has 23 heavy (non-hydrogen) atoms. The third kappa shape index (κ3) is 5.01. The van der Waals surface area contributed by atoms with Gasteiger partial charge in [0.2, 0.25) is 0 Å². The number of nitrogens with zero attached hydrogens (tertiary/aromatic N) is 2. The van der Waals surface area contributed by atoms with Crippen LogP contribution < -0.4 is 0 Å². The highest BCUT2D eigenvalue weighted by Crippen LogP contribution is 2.25. The molecule has 3 rings (SSSR count). The van der Waals surface area contributed by atoms with Crippen molar-refractivity contribution in [2.75, 3.05) is 39.5 Å². The summed E-state index contributed by atoms with van der Waals surface area (Å²) in [5.74, 6) is 0.466. The van der Waals surface area contributed by atoms with E-state index in [9.17, 15) is 5.11 Å². The van der Waals surface area contributed by atoms with E-state index in [0.29, 0.717) is 25.7 Å². The highest BCUT2D eigenvalue weighted by Gasteiger charge is 2.24. The van der Waals surface area contributed by atoms with Gasteiger partial charge in [-0.3, -0.25) is 5.10 Å².